The topological polar surface area (TPSA) is 45.2 Å². The first kappa shape index (κ1) is 14.1. The molecule has 0 bridgehead atoms. The molecule has 0 fully saturated rings. The molecule has 0 unspecified atom stereocenters. The standard InChI is InChI=1S/C16H19N3OS/c1-19(2)15-8-11(6-7-17-15)10-18-16(20)14-9-12-4-3-5-13(12)21-14/h6-9H,3-5,10H2,1-2H3,(H,18,20). The van der Waals surface area contributed by atoms with E-state index in [2.05, 4.69) is 16.4 Å². The maximum Gasteiger partial charge on any atom is 0.261 e. The zero-order valence-corrected chi connectivity index (χ0v) is 13.2. The molecule has 0 aliphatic heterocycles. The summed E-state index contributed by atoms with van der Waals surface area (Å²) in [6.45, 7) is 0.532. The third kappa shape index (κ3) is 3.08. The van der Waals surface area contributed by atoms with E-state index in [0.717, 1.165) is 29.1 Å². The zero-order valence-electron chi connectivity index (χ0n) is 12.3. The summed E-state index contributed by atoms with van der Waals surface area (Å²) >= 11 is 1.64. The molecule has 3 rings (SSSR count). The number of carbonyl (C=O) groups is 1. The number of pyridine rings is 1. The lowest BCUT2D eigenvalue weighted by Gasteiger charge is -2.12. The SMILES string of the molecule is CN(C)c1cc(CNC(=O)c2cc3c(s2)CCC3)ccn1. The molecule has 2 heterocycles. The van der Waals surface area contributed by atoms with Crippen LogP contribution in [0.5, 0.6) is 0 Å². The maximum atomic E-state index is 12.2. The highest BCUT2D eigenvalue weighted by Crippen LogP contribution is 2.30. The first-order valence-electron chi connectivity index (χ1n) is 7.15. The number of rotatable bonds is 4. The van der Waals surface area contributed by atoms with Crippen molar-refractivity contribution in [2.24, 2.45) is 0 Å². The highest BCUT2D eigenvalue weighted by Gasteiger charge is 2.18. The molecular formula is C16H19N3OS. The number of aromatic nitrogens is 1. The van der Waals surface area contributed by atoms with Crippen LogP contribution in [0.3, 0.4) is 0 Å². The van der Waals surface area contributed by atoms with Crippen molar-refractivity contribution >= 4 is 23.1 Å². The van der Waals surface area contributed by atoms with Crippen molar-refractivity contribution < 1.29 is 4.79 Å². The molecule has 0 radical (unpaired) electrons. The third-order valence-corrected chi connectivity index (χ3v) is 4.93. The molecule has 0 spiro atoms. The van der Waals surface area contributed by atoms with Crippen molar-refractivity contribution in [2.75, 3.05) is 19.0 Å². The monoisotopic (exact) mass is 301 g/mol. The van der Waals surface area contributed by atoms with Crippen molar-refractivity contribution in [3.8, 4) is 0 Å². The van der Waals surface area contributed by atoms with E-state index in [1.807, 2.05) is 31.1 Å². The fourth-order valence-electron chi connectivity index (χ4n) is 2.53. The summed E-state index contributed by atoms with van der Waals surface area (Å²) in [5, 5.41) is 3.00. The number of thiophene rings is 1. The van der Waals surface area contributed by atoms with E-state index < -0.39 is 0 Å². The van der Waals surface area contributed by atoms with Gasteiger partial charge in [-0.3, -0.25) is 4.79 Å². The Morgan fingerprint density at radius 2 is 2.24 bits per heavy atom. The Kier molecular flexibility index (Phi) is 3.92. The Hall–Kier alpha value is -1.88. The van der Waals surface area contributed by atoms with Gasteiger partial charge in [-0.2, -0.15) is 0 Å². The molecule has 21 heavy (non-hydrogen) atoms. The van der Waals surface area contributed by atoms with Crippen LogP contribution in [-0.2, 0) is 19.4 Å². The summed E-state index contributed by atoms with van der Waals surface area (Å²) in [7, 11) is 3.91. The molecule has 0 saturated heterocycles. The molecule has 1 aliphatic carbocycles. The molecule has 0 aromatic carbocycles. The molecule has 1 aliphatic rings. The van der Waals surface area contributed by atoms with Crippen molar-refractivity contribution in [3.05, 3.63) is 45.3 Å². The van der Waals surface area contributed by atoms with Gasteiger partial charge in [-0.15, -0.1) is 11.3 Å². The summed E-state index contributed by atoms with van der Waals surface area (Å²) in [6, 6.07) is 5.98. The van der Waals surface area contributed by atoms with Gasteiger partial charge in [-0.1, -0.05) is 0 Å². The highest BCUT2D eigenvalue weighted by molar-refractivity contribution is 7.14. The van der Waals surface area contributed by atoms with Crippen LogP contribution >= 0.6 is 11.3 Å². The molecule has 1 N–H and O–H groups in total. The minimum absolute atomic E-state index is 0.0256. The van der Waals surface area contributed by atoms with Crippen LogP contribution in [-0.4, -0.2) is 25.0 Å². The van der Waals surface area contributed by atoms with E-state index >= 15 is 0 Å². The summed E-state index contributed by atoms with van der Waals surface area (Å²) in [5.74, 6) is 0.925. The van der Waals surface area contributed by atoms with Crippen LogP contribution in [0.1, 0.15) is 32.1 Å². The van der Waals surface area contributed by atoms with E-state index in [4.69, 9.17) is 0 Å². The molecule has 5 heteroatoms. The van der Waals surface area contributed by atoms with Crippen molar-refractivity contribution in [2.45, 2.75) is 25.8 Å². The van der Waals surface area contributed by atoms with Gasteiger partial charge in [-0.05, 0) is 48.6 Å². The second kappa shape index (κ2) is 5.85. The van der Waals surface area contributed by atoms with E-state index in [9.17, 15) is 4.79 Å². The van der Waals surface area contributed by atoms with Gasteiger partial charge < -0.3 is 10.2 Å². The predicted molar refractivity (Wildman–Crippen MR) is 86.1 cm³/mol. The molecule has 110 valence electrons. The Labute approximate surface area is 128 Å². The van der Waals surface area contributed by atoms with Gasteiger partial charge in [0.1, 0.15) is 5.82 Å². The second-order valence-corrected chi connectivity index (χ2v) is 6.65. The molecule has 0 saturated carbocycles. The number of hydrogen-bond acceptors (Lipinski definition) is 4. The second-order valence-electron chi connectivity index (χ2n) is 5.51. The van der Waals surface area contributed by atoms with Crippen LogP contribution < -0.4 is 10.2 Å². The Bertz CT molecular complexity index is 642. The van der Waals surface area contributed by atoms with Gasteiger partial charge in [0.2, 0.25) is 0 Å². The first-order valence-corrected chi connectivity index (χ1v) is 7.97. The van der Waals surface area contributed by atoms with Crippen LogP contribution in [0.15, 0.2) is 24.4 Å². The lowest BCUT2D eigenvalue weighted by atomic mass is 10.2. The number of hydrogen-bond donors (Lipinski definition) is 1. The van der Waals surface area contributed by atoms with Gasteiger partial charge in [0, 0.05) is 31.7 Å². The molecule has 2 aromatic rings. The number of fused-ring (bicyclic) bond motifs is 1. The summed E-state index contributed by atoms with van der Waals surface area (Å²) in [6.07, 6.45) is 5.25. The normalized spacial score (nSPS) is 13.0. The minimum atomic E-state index is 0.0256. The number of carbonyl (C=O) groups excluding carboxylic acids is 1. The molecule has 2 aromatic heterocycles. The van der Waals surface area contributed by atoms with Crippen molar-refractivity contribution in [1.29, 1.82) is 0 Å². The highest BCUT2D eigenvalue weighted by atomic mass is 32.1. The average molecular weight is 301 g/mol. The van der Waals surface area contributed by atoms with E-state index in [0.29, 0.717) is 6.54 Å². The fraction of sp³-hybridized carbons (Fsp3) is 0.375. The molecular weight excluding hydrogens is 282 g/mol. The predicted octanol–water partition coefficient (Wildman–Crippen LogP) is 2.63. The minimum Gasteiger partial charge on any atom is -0.363 e. The number of anilines is 1. The average Bonchev–Trinajstić information content (AvgIpc) is 3.06. The van der Waals surface area contributed by atoms with Gasteiger partial charge in [0.05, 0.1) is 4.88 Å². The molecule has 1 amide bonds. The third-order valence-electron chi connectivity index (χ3n) is 3.69. The van der Waals surface area contributed by atoms with Gasteiger partial charge >= 0.3 is 0 Å². The number of nitrogens with zero attached hydrogens (tertiary/aromatic N) is 2. The summed E-state index contributed by atoms with van der Waals surface area (Å²) in [4.78, 5) is 20.7. The van der Waals surface area contributed by atoms with E-state index in [1.165, 1.54) is 16.9 Å². The summed E-state index contributed by atoms with van der Waals surface area (Å²) in [5.41, 5.74) is 2.43. The van der Waals surface area contributed by atoms with Gasteiger partial charge in [-0.25, -0.2) is 4.98 Å². The molecule has 4 nitrogen and oxygen atoms in total. The number of nitrogens with one attached hydrogen (secondary N) is 1. The lowest BCUT2D eigenvalue weighted by molar-refractivity contribution is 0.0955. The lowest BCUT2D eigenvalue weighted by Crippen LogP contribution is -2.22. The van der Waals surface area contributed by atoms with Gasteiger partial charge in [0.15, 0.2) is 0 Å². The van der Waals surface area contributed by atoms with Crippen LogP contribution in [0.25, 0.3) is 0 Å². The van der Waals surface area contributed by atoms with Crippen LogP contribution in [0.4, 0.5) is 5.82 Å². The smallest absolute Gasteiger partial charge is 0.261 e. The Morgan fingerprint density at radius 1 is 1.38 bits per heavy atom. The van der Waals surface area contributed by atoms with Crippen molar-refractivity contribution in [3.63, 3.8) is 0 Å². The Balaban J connectivity index is 1.64. The zero-order chi connectivity index (χ0) is 14.8. The summed E-state index contributed by atoms with van der Waals surface area (Å²) < 4.78 is 0. The number of amides is 1. The quantitative estimate of drug-likeness (QED) is 0.944. The largest absolute Gasteiger partial charge is 0.363 e. The van der Waals surface area contributed by atoms with Crippen LogP contribution in [0.2, 0.25) is 0 Å². The fourth-order valence-corrected chi connectivity index (χ4v) is 3.70. The van der Waals surface area contributed by atoms with Crippen molar-refractivity contribution in [1.82, 2.24) is 10.3 Å². The molecule has 0 atom stereocenters. The van der Waals surface area contributed by atoms with E-state index in [1.54, 1.807) is 17.5 Å². The first-order chi connectivity index (χ1) is 10.1. The maximum absolute atomic E-state index is 12.2. The number of aryl methyl sites for hydroxylation is 2. The van der Waals surface area contributed by atoms with Crippen LogP contribution in [0, 0.1) is 0 Å². The Morgan fingerprint density at radius 3 is 3.00 bits per heavy atom. The van der Waals surface area contributed by atoms with E-state index in [-0.39, 0.29) is 5.91 Å². The van der Waals surface area contributed by atoms with Gasteiger partial charge in [0.25, 0.3) is 5.91 Å².